The number of carbonyl (C=O) groups is 2. The van der Waals surface area contributed by atoms with E-state index in [1.165, 1.54) is 0 Å². The lowest BCUT2D eigenvalue weighted by atomic mass is 9.84. The first-order valence-electron chi connectivity index (χ1n) is 12.1. The highest BCUT2D eigenvalue weighted by molar-refractivity contribution is 5.92. The van der Waals surface area contributed by atoms with Crippen molar-refractivity contribution in [1.82, 2.24) is 25.0 Å². The van der Waals surface area contributed by atoms with Gasteiger partial charge in [0, 0.05) is 51.0 Å². The summed E-state index contributed by atoms with van der Waals surface area (Å²) in [5.41, 5.74) is 0.919. The Morgan fingerprint density at radius 1 is 1.27 bits per heavy atom. The van der Waals surface area contributed by atoms with Gasteiger partial charge in [-0.3, -0.25) is 14.5 Å². The fourth-order valence-corrected chi connectivity index (χ4v) is 5.67. The van der Waals surface area contributed by atoms with Crippen molar-refractivity contribution in [3.05, 3.63) is 23.9 Å². The third-order valence-electron chi connectivity index (χ3n) is 7.35. The summed E-state index contributed by atoms with van der Waals surface area (Å²) in [4.78, 5) is 37.3. The van der Waals surface area contributed by atoms with Gasteiger partial charge in [0.1, 0.15) is 6.04 Å². The standard InChI is InChI=1S/C25H39N5O3/c1-24(2,3)17-28(4)19-13-20-23(32)27-25(14-22(31)30(20)16-19)7-10-29(11-8-25)15-18-6-9-26-21(12-18)33-5/h6,9,12,19-20H,7-8,10-11,13-17H2,1-5H3,(H,27,32)/t19-,20-/m0/s1. The van der Waals surface area contributed by atoms with Crippen LogP contribution < -0.4 is 10.1 Å². The molecule has 3 fully saturated rings. The van der Waals surface area contributed by atoms with Crippen molar-refractivity contribution < 1.29 is 14.3 Å². The Morgan fingerprint density at radius 2 is 2.00 bits per heavy atom. The maximum Gasteiger partial charge on any atom is 0.243 e. The highest BCUT2D eigenvalue weighted by Gasteiger charge is 2.49. The Bertz CT molecular complexity index is 847. The molecule has 3 aliphatic rings. The molecule has 8 nitrogen and oxygen atoms in total. The number of likely N-dealkylation sites (tertiary alicyclic amines) is 1. The van der Waals surface area contributed by atoms with Crippen molar-refractivity contribution in [3.8, 4) is 5.88 Å². The zero-order valence-electron chi connectivity index (χ0n) is 20.8. The number of ether oxygens (including phenoxy) is 1. The van der Waals surface area contributed by atoms with E-state index < -0.39 is 5.54 Å². The molecule has 2 amide bonds. The van der Waals surface area contributed by atoms with E-state index in [9.17, 15) is 9.59 Å². The number of amides is 2. The van der Waals surface area contributed by atoms with Crippen LogP contribution in [0.1, 0.15) is 52.0 Å². The summed E-state index contributed by atoms with van der Waals surface area (Å²) in [5, 5.41) is 3.33. The third kappa shape index (κ3) is 5.49. The molecule has 1 aromatic rings. The molecule has 4 rings (SSSR count). The molecule has 0 saturated carbocycles. The Morgan fingerprint density at radius 3 is 2.67 bits per heavy atom. The van der Waals surface area contributed by atoms with Gasteiger partial charge in [0.2, 0.25) is 17.7 Å². The highest BCUT2D eigenvalue weighted by atomic mass is 16.5. The van der Waals surface area contributed by atoms with E-state index >= 15 is 0 Å². The van der Waals surface area contributed by atoms with Gasteiger partial charge in [-0.15, -0.1) is 0 Å². The average molecular weight is 458 g/mol. The molecule has 1 aromatic heterocycles. The molecular formula is C25H39N5O3. The number of hydrogen-bond donors (Lipinski definition) is 1. The molecule has 182 valence electrons. The van der Waals surface area contributed by atoms with Gasteiger partial charge in [-0.25, -0.2) is 4.98 Å². The first-order chi connectivity index (χ1) is 15.6. The van der Waals surface area contributed by atoms with E-state index in [4.69, 9.17) is 4.74 Å². The molecule has 0 unspecified atom stereocenters. The second-order valence-corrected chi connectivity index (χ2v) is 11.4. The number of piperidine rings is 1. The van der Waals surface area contributed by atoms with E-state index in [1.807, 2.05) is 17.0 Å². The Hall–Kier alpha value is -2.19. The van der Waals surface area contributed by atoms with E-state index in [2.05, 4.69) is 47.9 Å². The van der Waals surface area contributed by atoms with Gasteiger partial charge in [0.25, 0.3) is 0 Å². The predicted molar refractivity (Wildman–Crippen MR) is 127 cm³/mol. The maximum absolute atomic E-state index is 13.3. The zero-order chi connectivity index (χ0) is 23.8. The summed E-state index contributed by atoms with van der Waals surface area (Å²) >= 11 is 0. The number of pyridine rings is 1. The van der Waals surface area contributed by atoms with Crippen molar-refractivity contribution in [3.63, 3.8) is 0 Å². The van der Waals surface area contributed by atoms with Crippen molar-refractivity contribution in [2.75, 3.05) is 40.3 Å². The van der Waals surface area contributed by atoms with E-state index in [-0.39, 0.29) is 29.3 Å². The quantitative estimate of drug-likeness (QED) is 0.728. The molecule has 0 bridgehead atoms. The number of carbonyl (C=O) groups excluding carboxylic acids is 2. The smallest absolute Gasteiger partial charge is 0.243 e. The molecule has 4 heterocycles. The Balaban J connectivity index is 1.37. The van der Waals surface area contributed by atoms with E-state index in [0.29, 0.717) is 18.8 Å². The SMILES string of the molecule is COc1cc(CN2CCC3(CC2)CC(=O)N2C[C@@H](N(C)CC(C)(C)C)C[C@H]2C(=O)N3)ccn1. The number of hydrogen-bond acceptors (Lipinski definition) is 6. The minimum atomic E-state index is -0.419. The summed E-state index contributed by atoms with van der Waals surface area (Å²) in [6.45, 7) is 10.8. The summed E-state index contributed by atoms with van der Waals surface area (Å²) in [6.07, 6.45) is 4.47. The number of likely N-dealkylation sites (N-methyl/N-ethyl adjacent to an activating group) is 1. The number of rotatable bonds is 5. The average Bonchev–Trinajstić information content (AvgIpc) is 3.17. The molecule has 2 atom stereocenters. The summed E-state index contributed by atoms with van der Waals surface area (Å²) in [7, 11) is 3.74. The van der Waals surface area contributed by atoms with Crippen molar-refractivity contribution in [2.24, 2.45) is 5.41 Å². The van der Waals surface area contributed by atoms with Crippen LogP contribution >= 0.6 is 0 Å². The van der Waals surface area contributed by atoms with Crippen LogP contribution in [0.25, 0.3) is 0 Å². The number of aromatic nitrogens is 1. The topological polar surface area (TPSA) is 78.0 Å². The summed E-state index contributed by atoms with van der Waals surface area (Å²) in [6, 6.07) is 3.86. The van der Waals surface area contributed by atoms with Crippen LogP contribution in [0.3, 0.4) is 0 Å². The predicted octanol–water partition coefficient (Wildman–Crippen LogP) is 1.89. The van der Waals surface area contributed by atoms with E-state index in [0.717, 1.165) is 51.0 Å². The molecule has 33 heavy (non-hydrogen) atoms. The van der Waals surface area contributed by atoms with Crippen LogP contribution in [0.4, 0.5) is 0 Å². The lowest BCUT2D eigenvalue weighted by Crippen LogP contribution is -2.56. The largest absolute Gasteiger partial charge is 0.481 e. The molecule has 1 spiro atoms. The lowest BCUT2D eigenvalue weighted by molar-refractivity contribution is -0.135. The van der Waals surface area contributed by atoms with Crippen LogP contribution in [-0.4, -0.2) is 89.5 Å². The molecule has 8 heteroatoms. The molecule has 0 aliphatic carbocycles. The Labute approximate surface area is 197 Å². The van der Waals surface area contributed by atoms with Crippen LogP contribution in [0, 0.1) is 5.41 Å². The monoisotopic (exact) mass is 457 g/mol. The molecule has 3 saturated heterocycles. The van der Waals surface area contributed by atoms with Gasteiger partial charge in [0.05, 0.1) is 19.1 Å². The molecule has 0 aromatic carbocycles. The van der Waals surface area contributed by atoms with Gasteiger partial charge >= 0.3 is 0 Å². The van der Waals surface area contributed by atoms with Gasteiger partial charge < -0.3 is 19.9 Å². The number of fused-ring (bicyclic) bond motifs is 1. The van der Waals surface area contributed by atoms with E-state index in [1.54, 1.807) is 13.3 Å². The van der Waals surface area contributed by atoms with Crippen LogP contribution in [0.5, 0.6) is 5.88 Å². The minimum absolute atomic E-state index is 0.0276. The number of nitrogens with zero attached hydrogens (tertiary/aromatic N) is 4. The van der Waals surface area contributed by atoms with Gasteiger partial charge in [-0.2, -0.15) is 0 Å². The summed E-state index contributed by atoms with van der Waals surface area (Å²) < 4.78 is 5.23. The first kappa shape index (κ1) is 24.0. The fourth-order valence-electron chi connectivity index (χ4n) is 5.67. The molecule has 3 aliphatic heterocycles. The van der Waals surface area contributed by atoms with Crippen molar-refractivity contribution >= 4 is 11.8 Å². The second kappa shape index (κ2) is 9.22. The molecule has 0 radical (unpaired) electrons. The fraction of sp³-hybridized carbons (Fsp3) is 0.720. The Kier molecular flexibility index (Phi) is 6.69. The van der Waals surface area contributed by atoms with Gasteiger partial charge in [-0.05, 0) is 43.4 Å². The third-order valence-corrected chi connectivity index (χ3v) is 7.35. The summed E-state index contributed by atoms with van der Waals surface area (Å²) in [5.74, 6) is 0.770. The number of methoxy groups -OCH3 is 1. The van der Waals surface area contributed by atoms with Crippen LogP contribution in [-0.2, 0) is 16.1 Å². The highest BCUT2D eigenvalue weighted by Crippen LogP contribution is 2.34. The van der Waals surface area contributed by atoms with Gasteiger partial charge in [0.15, 0.2) is 0 Å². The van der Waals surface area contributed by atoms with Crippen LogP contribution in [0.15, 0.2) is 18.3 Å². The second-order valence-electron chi connectivity index (χ2n) is 11.4. The molecule has 1 N–H and O–H groups in total. The van der Waals surface area contributed by atoms with Crippen molar-refractivity contribution in [2.45, 2.75) is 70.6 Å². The normalized spacial score (nSPS) is 25.8. The molecular weight excluding hydrogens is 418 g/mol. The first-order valence-corrected chi connectivity index (χ1v) is 12.1. The van der Waals surface area contributed by atoms with Gasteiger partial charge in [-0.1, -0.05) is 20.8 Å². The maximum atomic E-state index is 13.3. The number of nitrogens with one attached hydrogen (secondary N) is 1. The lowest BCUT2D eigenvalue weighted by Gasteiger charge is -2.41. The van der Waals surface area contributed by atoms with Crippen LogP contribution in [0.2, 0.25) is 0 Å². The zero-order valence-corrected chi connectivity index (χ0v) is 20.8. The van der Waals surface area contributed by atoms with Crippen molar-refractivity contribution in [1.29, 1.82) is 0 Å². The minimum Gasteiger partial charge on any atom is -0.481 e.